The maximum atomic E-state index is 12.4. The summed E-state index contributed by atoms with van der Waals surface area (Å²) >= 11 is 0. The second-order valence-electron chi connectivity index (χ2n) is 5.22. The van der Waals surface area contributed by atoms with Crippen molar-refractivity contribution in [2.45, 2.75) is 12.5 Å². The van der Waals surface area contributed by atoms with Crippen molar-refractivity contribution in [2.75, 3.05) is 37.1 Å². The molecule has 1 aromatic heterocycles. The Bertz CT molecular complexity index is 662. The van der Waals surface area contributed by atoms with Crippen LogP contribution in [0, 0.1) is 0 Å². The molecule has 1 aliphatic heterocycles. The van der Waals surface area contributed by atoms with Crippen molar-refractivity contribution < 1.29 is 22.7 Å². The molecule has 0 radical (unpaired) electrons. The Morgan fingerprint density at radius 3 is 2.78 bits per heavy atom. The van der Waals surface area contributed by atoms with Gasteiger partial charge in [0, 0.05) is 25.9 Å². The fourth-order valence-corrected chi connectivity index (χ4v) is 4.13. The van der Waals surface area contributed by atoms with Gasteiger partial charge in [0.2, 0.25) is 0 Å². The normalized spacial score (nSPS) is 19.3. The minimum atomic E-state index is -3.16. The van der Waals surface area contributed by atoms with Gasteiger partial charge in [0.05, 0.1) is 18.1 Å². The van der Waals surface area contributed by atoms with E-state index in [2.05, 4.69) is 10.3 Å². The van der Waals surface area contributed by atoms with Crippen molar-refractivity contribution in [1.82, 2.24) is 9.88 Å². The zero-order chi connectivity index (χ0) is 16.9. The smallest absolute Gasteiger partial charge is 0.315 e. The lowest BCUT2D eigenvalue weighted by Gasteiger charge is -2.27. The maximum Gasteiger partial charge on any atom is 0.315 e. The molecule has 126 valence electrons. The number of hydrogen-bond acceptors (Lipinski definition) is 6. The molecule has 2 heterocycles. The lowest BCUT2D eigenvalue weighted by Crippen LogP contribution is -2.48. The van der Waals surface area contributed by atoms with Crippen LogP contribution in [0.3, 0.4) is 0 Å². The van der Waals surface area contributed by atoms with Crippen LogP contribution in [0.25, 0.3) is 0 Å². The molecule has 0 spiro atoms. The topological polar surface area (TPSA) is 106 Å². The first-order valence-corrected chi connectivity index (χ1v) is 8.97. The number of pyridine rings is 1. The van der Waals surface area contributed by atoms with Gasteiger partial charge in [-0.25, -0.2) is 13.4 Å². The van der Waals surface area contributed by atoms with Crippen LogP contribution in [0.1, 0.15) is 6.42 Å². The van der Waals surface area contributed by atoms with Gasteiger partial charge in [-0.2, -0.15) is 0 Å². The summed E-state index contributed by atoms with van der Waals surface area (Å²) in [6.07, 6.45) is 1.82. The number of rotatable bonds is 5. The highest BCUT2D eigenvalue weighted by atomic mass is 32.2. The Morgan fingerprint density at radius 2 is 2.22 bits per heavy atom. The highest BCUT2D eigenvalue weighted by Gasteiger charge is 2.36. The molecular weight excluding hydrogens is 322 g/mol. The van der Waals surface area contributed by atoms with E-state index in [1.165, 1.54) is 18.2 Å². The molecule has 1 aromatic rings. The second-order valence-corrected chi connectivity index (χ2v) is 7.45. The number of ether oxygens (including phenoxy) is 1. The molecule has 2 rings (SSSR count). The monoisotopic (exact) mass is 341 g/mol. The van der Waals surface area contributed by atoms with Gasteiger partial charge in [0.25, 0.3) is 0 Å². The summed E-state index contributed by atoms with van der Waals surface area (Å²) in [5, 5.41) is 2.41. The largest absolute Gasteiger partial charge is 0.383 e. The molecule has 1 N–H and O–H groups in total. The third-order valence-electron chi connectivity index (χ3n) is 3.55. The summed E-state index contributed by atoms with van der Waals surface area (Å²) in [5.74, 6) is -1.47. The number of aromatic nitrogens is 1. The van der Waals surface area contributed by atoms with E-state index >= 15 is 0 Å². The number of carbonyl (C=O) groups excluding carboxylic acids is 2. The number of hydrogen-bond donors (Lipinski definition) is 1. The van der Waals surface area contributed by atoms with Crippen LogP contribution >= 0.6 is 0 Å². The molecule has 1 atom stereocenters. The van der Waals surface area contributed by atoms with Crippen LogP contribution in [-0.4, -0.2) is 67.9 Å². The van der Waals surface area contributed by atoms with Gasteiger partial charge >= 0.3 is 11.8 Å². The molecule has 0 aromatic carbocycles. The lowest BCUT2D eigenvalue weighted by molar-refractivity contribution is -0.145. The number of carbonyl (C=O) groups is 2. The zero-order valence-electron chi connectivity index (χ0n) is 12.8. The molecular formula is C14H19N3O5S. The van der Waals surface area contributed by atoms with E-state index in [4.69, 9.17) is 4.74 Å². The third kappa shape index (κ3) is 4.73. The quantitative estimate of drug-likeness (QED) is 0.736. The standard InChI is InChI=1S/C14H19N3O5S/c1-22-8-7-17(11-5-9-23(20,21)10-11)14(19)13(18)16-12-4-2-3-6-15-12/h2-4,6,11H,5,7-10H2,1H3,(H,15,16,18). The highest BCUT2D eigenvalue weighted by molar-refractivity contribution is 7.91. The summed E-state index contributed by atoms with van der Waals surface area (Å²) in [7, 11) is -1.69. The fourth-order valence-electron chi connectivity index (χ4n) is 2.40. The minimum absolute atomic E-state index is 0.0241. The minimum Gasteiger partial charge on any atom is -0.383 e. The Labute approximate surface area is 134 Å². The van der Waals surface area contributed by atoms with Crippen molar-refractivity contribution in [3.05, 3.63) is 24.4 Å². The Hall–Kier alpha value is -2.00. The summed E-state index contributed by atoms with van der Waals surface area (Å²) in [5.41, 5.74) is 0. The van der Waals surface area contributed by atoms with Gasteiger partial charge in [-0.05, 0) is 18.6 Å². The van der Waals surface area contributed by atoms with E-state index in [-0.39, 0.29) is 30.5 Å². The van der Waals surface area contributed by atoms with Crippen LogP contribution in [0.4, 0.5) is 5.82 Å². The molecule has 1 saturated heterocycles. The molecule has 1 fully saturated rings. The van der Waals surface area contributed by atoms with Crippen LogP contribution in [0.2, 0.25) is 0 Å². The molecule has 0 bridgehead atoms. The molecule has 23 heavy (non-hydrogen) atoms. The first-order chi connectivity index (χ1) is 10.9. The van der Waals surface area contributed by atoms with Crippen molar-refractivity contribution in [3.63, 3.8) is 0 Å². The van der Waals surface area contributed by atoms with Gasteiger partial charge in [0.1, 0.15) is 5.82 Å². The number of anilines is 1. The van der Waals surface area contributed by atoms with Crippen molar-refractivity contribution in [1.29, 1.82) is 0 Å². The summed E-state index contributed by atoms with van der Waals surface area (Å²) in [6.45, 7) is 0.379. The average molecular weight is 341 g/mol. The van der Waals surface area contributed by atoms with Crippen LogP contribution in [0.15, 0.2) is 24.4 Å². The van der Waals surface area contributed by atoms with Crippen LogP contribution in [0.5, 0.6) is 0 Å². The number of sulfone groups is 1. The lowest BCUT2D eigenvalue weighted by atomic mass is 10.2. The van der Waals surface area contributed by atoms with E-state index in [1.54, 1.807) is 18.2 Å². The van der Waals surface area contributed by atoms with Crippen LogP contribution < -0.4 is 5.32 Å². The van der Waals surface area contributed by atoms with Gasteiger partial charge in [-0.15, -0.1) is 0 Å². The summed E-state index contributed by atoms with van der Waals surface area (Å²) in [4.78, 5) is 29.7. The number of nitrogens with one attached hydrogen (secondary N) is 1. The first kappa shape index (κ1) is 17.4. The van der Waals surface area contributed by atoms with E-state index in [0.717, 1.165) is 0 Å². The number of amides is 2. The third-order valence-corrected chi connectivity index (χ3v) is 5.30. The summed E-state index contributed by atoms with van der Waals surface area (Å²) < 4.78 is 28.2. The molecule has 1 aliphatic rings. The number of methoxy groups -OCH3 is 1. The second kappa shape index (κ2) is 7.51. The van der Waals surface area contributed by atoms with Crippen molar-refractivity contribution >= 4 is 27.5 Å². The van der Waals surface area contributed by atoms with Gasteiger partial charge in [0.15, 0.2) is 9.84 Å². The zero-order valence-corrected chi connectivity index (χ0v) is 13.6. The molecule has 8 nitrogen and oxygen atoms in total. The molecule has 9 heteroatoms. The first-order valence-electron chi connectivity index (χ1n) is 7.15. The maximum absolute atomic E-state index is 12.4. The number of nitrogens with zero attached hydrogens (tertiary/aromatic N) is 2. The Morgan fingerprint density at radius 1 is 1.43 bits per heavy atom. The van der Waals surface area contributed by atoms with Crippen LogP contribution in [-0.2, 0) is 24.2 Å². The van der Waals surface area contributed by atoms with E-state index in [0.29, 0.717) is 6.42 Å². The SMILES string of the molecule is COCCN(C(=O)C(=O)Nc1ccccn1)C1CCS(=O)(=O)C1. The Kier molecular flexibility index (Phi) is 5.67. The fraction of sp³-hybridized carbons (Fsp3) is 0.500. The van der Waals surface area contributed by atoms with E-state index in [1.807, 2.05) is 0 Å². The highest BCUT2D eigenvalue weighted by Crippen LogP contribution is 2.18. The predicted octanol–water partition coefficient (Wildman–Crippen LogP) is -0.318. The van der Waals surface area contributed by atoms with Crippen molar-refractivity contribution in [3.8, 4) is 0 Å². The molecule has 0 saturated carbocycles. The average Bonchev–Trinajstić information content (AvgIpc) is 2.88. The van der Waals surface area contributed by atoms with Gasteiger partial charge in [-0.1, -0.05) is 6.07 Å². The van der Waals surface area contributed by atoms with Gasteiger partial charge in [-0.3, -0.25) is 9.59 Å². The van der Waals surface area contributed by atoms with Crippen molar-refractivity contribution in [2.24, 2.45) is 0 Å². The predicted molar refractivity (Wildman–Crippen MR) is 83.5 cm³/mol. The van der Waals surface area contributed by atoms with Gasteiger partial charge < -0.3 is 15.0 Å². The van der Waals surface area contributed by atoms with E-state index < -0.39 is 27.7 Å². The summed E-state index contributed by atoms with van der Waals surface area (Å²) in [6, 6.07) is 4.42. The molecule has 2 amide bonds. The molecule has 0 aliphatic carbocycles. The van der Waals surface area contributed by atoms with E-state index in [9.17, 15) is 18.0 Å². The Balaban J connectivity index is 2.08. The molecule has 1 unspecified atom stereocenters.